The Morgan fingerprint density at radius 3 is 2.30 bits per heavy atom. The fourth-order valence-electron chi connectivity index (χ4n) is 2.89. The normalized spacial score (nSPS) is 12.3. The zero-order chi connectivity index (χ0) is 16.6. The largest absolute Gasteiger partial charge is 0.383 e. The van der Waals surface area contributed by atoms with Crippen LogP contribution in [0.3, 0.4) is 0 Å². The minimum atomic E-state index is -0.975. The van der Waals surface area contributed by atoms with Crippen LogP contribution in [0.1, 0.15) is 50.6 Å². The summed E-state index contributed by atoms with van der Waals surface area (Å²) in [7, 11) is 0. The zero-order valence-electron chi connectivity index (χ0n) is 14.2. The summed E-state index contributed by atoms with van der Waals surface area (Å²) in [4.78, 5) is 4.64. The quantitative estimate of drug-likeness (QED) is 0.774. The van der Waals surface area contributed by atoms with Crippen molar-refractivity contribution < 1.29 is 5.11 Å². The summed E-state index contributed by atoms with van der Waals surface area (Å²) in [6, 6.07) is 16.7. The van der Waals surface area contributed by atoms with E-state index in [2.05, 4.69) is 53.7 Å². The van der Waals surface area contributed by atoms with Crippen LogP contribution in [-0.2, 0) is 12.1 Å². The van der Waals surface area contributed by atoms with Gasteiger partial charge in [0.25, 0.3) is 0 Å². The van der Waals surface area contributed by atoms with Crippen LogP contribution in [0, 0.1) is 0 Å². The van der Waals surface area contributed by atoms with Crippen LogP contribution in [0.4, 0.5) is 0 Å². The molecule has 0 radical (unpaired) electrons. The van der Waals surface area contributed by atoms with E-state index >= 15 is 0 Å². The molecule has 0 saturated carbocycles. The summed E-state index contributed by atoms with van der Waals surface area (Å²) in [5.41, 5.74) is 3.55. The number of rotatable bonds is 4. The molecule has 0 unspecified atom stereocenters. The van der Waals surface area contributed by atoms with Crippen LogP contribution in [-0.4, -0.2) is 14.7 Å². The van der Waals surface area contributed by atoms with E-state index < -0.39 is 5.60 Å². The average Bonchev–Trinajstić information content (AvgIpc) is 2.87. The maximum Gasteiger partial charge on any atom is 0.141 e. The summed E-state index contributed by atoms with van der Waals surface area (Å²) in [5.74, 6) is 1.23. The molecule has 1 aromatic heterocycles. The summed E-state index contributed by atoms with van der Waals surface area (Å²) < 4.78 is 2.11. The molecule has 120 valence electrons. The van der Waals surface area contributed by atoms with Crippen LogP contribution in [0.5, 0.6) is 0 Å². The van der Waals surface area contributed by atoms with Gasteiger partial charge in [-0.3, -0.25) is 0 Å². The lowest BCUT2D eigenvalue weighted by Gasteiger charge is -2.19. The van der Waals surface area contributed by atoms with Gasteiger partial charge >= 0.3 is 0 Å². The van der Waals surface area contributed by atoms with Crippen molar-refractivity contribution in [1.82, 2.24) is 9.55 Å². The number of hydrogen-bond acceptors (Lipinski definition) is 2. The van der Waals surface area contributed by atoms with Crippen molar-refractivity contribution in [1.29, 1.82) is 0 Å². The lowest BCUT2D eigenvalue weighted by Crippen LogP contribution is -2.22. The van der Waals surface area contributed by atoms with Crippen molar-refractivity contribution in [2.24, 2.45) is 0 Å². The molecule has 0 aliphatic heterocycles. The van der Waals surface area contributed by atoms with Gasteiger partial charge in [-0.25, -0.2) is 4.98 Å². The van der Waals surface area contributed by atoms with Gasteiger partial charge in [-0.15, -0.1) is 0 Å². The Balaban J connectivity index is 2.04. The monoisotopic (exact) mass is 308 g/mol. The maximum atomic E-state index is 10.5. The number of aliphatic hydroxyl groups is 1. The molecule has 3 aromatic rings. The lowest BCUT2D eigenvalue weighted by molar-refractivity contribution is 0.0657. The number of hydrogen-bond donors (Lipinski definition) is 1. The maximum absolute atomic E-state index is 10.5. The second-order valence-electron chi connectivity index (χ2n) is 6.97. The summed E-state index contributed by atoms with van der Waals surface area (Å²) in [6.07, 6.45) is 0. The molecule has 0 atom stereocenters. The second-order valence-corrected chi connectivity index (χ2v) is 6.97. The van der Waals surface area contributed by atoms with Crippen molar-refractivity contribution in [2.75, 3.05) is 0 Å². The Labute approximate surface area is 137 Å². The molecule has 0 aliphatic rings. The van der Waals surface area contributed by atoms with Crippen molar-refractivity contribution in [3.63, 3.8) is 0 Å². The highest BCUT2D eigenvalue weighted by Crippen LogP contribution is 2.26. The van der Waals surface area contributed by atoms with Gasteiger partial charge in [-0.05, 0) is 43.0 Å². The van der Waals surface area contributed by atoms with E-state index in [1.807, 2.05) is 18.2 Å². The highest BCUT2D eigenvalue weighted by atomic mass is 16.3. The van der Waals surface area contributed by atoms with E-state index in [4.69, 9.17) is 0 Å². The zero-order valence-corrected chi connectivity index (χ0v) is 14.2. The summed E-state index contributed by atoms with van der Waals surface area (Å²) >= 11 is 0. The molecule has 3 rings (SSSR count). The SMILES string of the molecule is CC(C)c1ccc(Cn2c(C(C)(C)O)nc3ccccc32)cc1. The first-order valence-corrected chi connectivity index (χ1v) is 8.13. The third-order valence-corrected chi connectivity index (χ3v) is 4.19. The standard InChI is InChI=1S/C20H24N2O/c1-14(2)16-11-9-15(10-12-16)13-22-18-8-6-5-7-17(18)21-19(22)20(3,4)23/h5-12,14,23H,13H2,1-4H3. The predicted octanol–water partition coefficient (Wildman–Crippen LogP) is 4.44. The number of fused-ring (bicyclic) bond motifs is 1. The molecule has 2 aromatic carbocycles. The number of para-hydroxylation sites is 2. The average molecular weight is 308 g/mol. The summed E-state index contributed by atoms with van der Waals surface area (Å²) in [5, 5.41) is 10.5. The minimum absolute atomic E-state index is 0.532. The molecule has 1 heterocycles. The topological polar surface area (TPSA) is 38.0 Å². The first-order chi connectivity index (χ1) is 10.9. The van der Waals surface area contributed by atoms with E-state index in [9.17, 15) is 5.11 Å². The van der Waals surface area contributed by atoms with E-state index in [0.29, 0.717) is 18.3 Å². The smallest absolute Gasteiger partial charge is 0.141 e. The van der Waals surface area contributed by atoms with Gasteiger partial charge in [0.05, 0.1) is 11.0 Å². The third kappa shape index (κ3) is 3.15. The molecule has 0 spiro atoms. The van der Waals surface area contributed by atoms with E-state index in [-0.39, 0.29) is 0 Å². The van der Waals surface area contributed by atoms with Crippen molar-refractivity contribution in [3.8, 4) is 0 Å². The Bertz CT molecular complexity index is 808. The molecule has 1 N–H and O–H groups in total. The van der Waals surface area contributed by atoms with Gasteiger partial charge in [-0.2, -0.15) is 0 Å². The summed E-state index contributed by atoms with van der Waals surface area (Å²) in [6.45, 7) is 8.67. The molecular formula is C20H24N2O. The molecule has 0 bridgehead atoms. The molecule has 3 nitrogen and oxygen atoms in total. The van der Waals surface area contributed by atoms with Crippen LogP contribution in [0.25, 0.3) is 11.0 Å². The molecular weight excluding hydrogens is 284 g/mol. The van der Waals surface area contributed by atoms with Gasteiger partial charge in [0, 0.05) is 6.54 Å². The molecule has 23 heavy (non-hydrogen) atoms. The molecule has 3 heteroatoms. The van der Waals surface area contributed by atoms with E-state index in [1.54, 1.807) is 13.8 Å². The van der Waals surface area contributed by atoms with Crippen LogP contribution < -0.4 is 0 Å². The third-order valence-electron chi connectivity index (χ3n) is 4.19. The van der Waals surface area contributed by atoms with E-state index in [0.717, 1.165) is 11.0 Å². The first-order valence-electron chi connectivity index (χ1n) is 8.13. The fraction of sp³-hybridized carbons (Fsp3) is 0.350. The van der Waals surface area contributed by atoms with Gasteiger partial charge in [0.1, 0.15) is 11.4 Å². The number of benzene rings is 2. The van der Waals surface area contributed by atoms with Crippen molar-refractivity contribution in [3.05, 3.63) is 65.5 Å². The first kappa shape index (κ1) is 15.8. The minimum Gasteiger partial charge on any atom is -0.383 e. The molecule has 0 amide bonds. The fourth-order valence-corrected chi connectivity index (χ4v) is 2.89. The number of aromatic nitrogens is 2. The van der Waals surface area contributed by atoms with E-state index in [1.165, 1.54) is 11.1 Å². The van der Waals surface area contributed by atoms with Crippen LogP contribution in [0.15, 0.2) is 48.5 Å². The Morgan fingerprint density at radius 1 is 1.04 bits per heavy atom. The van der Waals surface area contributed by atoms with Crippen molar-refractivity contribution >= 4 is 11.0 Å². The molecule has 0 saturated heterocycles. The Morgan fingerprint density at radius 2 is 1.70 bits per heavy atom. The Kier molecular flexibility index (Phi) is 3.99. The van der Waals surface area contributed by atoms with Gasteiger partial charge in [0.15, 0.2) is 0 Å². The van der Waals surface area contributed by atoms with Gasteiger partial charge in [0.2, 0.25) is 0 Å². The van der Waals surface area contributed by atoms with Gasteiger partial charge in [-0.1, -0.05) is 50.2 Å². The number of nitrogens with zero attached hydrogens (tertiary/aromatic N) is 2. The lowest BCUT2D eigenvalue weighted by atomic mass is 10.0. The van der Waals surface area contributed by atoms with Crippen LogP contribution in [0.2, 0.25) is 0 Å². The van der Waals surface area contributed by atoms with Crippen molar-refractivity contribution in [2.45, 2.75) is 45.8 Å². The highest BCUT2D eigenvalue weighted by molar-refractivity contribution is 5.76. The molecule has 0 aliphatic carbocycles. The highest BCUT2D eigenvalue weighted by Gasteiger charge is 2.24. The molecule has 0 fully saturated rings. The van der Waals surface area contributed by atoms with Crippen LogP contribution >= 0.6 is 0 Å². The number of imidazole rings is 1. The second kappa shape index (κ2) is 5.82. The predicted molar refractivity (Wildman–Crippen MR) is 94.6 cm³/mol. The Hall–Kier alpha value is -2.13. The van der Waals surface area contributed by atoms with Gasteiger partial charge < -0.3 is 9.67 Å².